The maximum absolute atomic E-state index is 13.1. The first-order valence-electron chi connectivity index (χ1n) is 6.41. The summed E-state index contributed by atoms with van der Waals surface area (Å²) in [5.41, 5.74) is 6.38. The Labute approximate surface area is 113 Å². The smallest absolute Gasteiger partial charge is 0.123 e. The van der Waals surface area contributed by atoms with E-state index in [2.05, 4.69) is 0 Å². The molecule has 0 bridgehead atoms. The average molecular weight is 271 g/mol. The highest BCUT2D eigenvalue weighted by molar-refractivity contribution is 5.19. The van der Waals surface area contributed by atoms with Crippen molar-refractivity contribution in [2.45, 2.75) is 12.5 Å². The van der Waals surface area contributed by atoms with Gasteiger partial charge in [0.2, 0.25) is 0 Å². The summed E-state index contributed by atoms with van der Waals surface area (Å²) in [6.07, 6.45) is 0.569. The first kappa shape index (κ1) is 16.0. The van der Waals surface area contributed by atoms with Gasteiger partial charge in [0.25, 0.3) is 0 Å². The molecule has 0 saturated heterocycles. The molecule has 0 heterocycles. The fraction of sp³-hybridized carbons (Fsp3) is 0.571. The average Bonchev–Trinajstić information content (AvgIpc) is 2.42. The minimum absolute atomic E-state index is 0.282. The Balaban J connectivity index is 2.22. The third-order valence-corrected chi connectivity index (χ3v) is 2.62. The number of ether oxygens (including phenoxy) is 3. The topological polar surface area (TPSA) is 53.7 Å². The van der Waals surface area contributed by atoms with Crippen molar-refractivity contribution >= 4 is 0 Å². The molecule has 19 heavy (non-hydrogen) atoms. The molecule has 0 aliphatic rings. The first-order valence-corrected chi connectivity index (χ1v) is 6.41. The number of hydrogen-bond donors (Lipinski definition) is 1. The summed E-state index contributed by atoms with van der Waals surface area (Å²) in [6.45, 7) is 2.58. The fourth-order valence-electron chi connectivity index (χ4n) is 1.66. The summed E-state index contributed by atoms with van der Waals surface area (Å²) in [7, 11) is 1.66. The maximum Gasteiger partial charge on any atom is 0.123 e. The van der Waals surface area contributed by atoms with E-state index in [-0.39, 0.29) is 11.9 Å². The molecule has 5 heteroatoms. The highest BCUT2D eigenvalue weighted by atomic mass is 19.1. The van der Waals surface area contributed by atoms with E-state index >= 15 is 0 Å². The Morgan fingerprint density at radius 1 is 1.21 bits per heavy atom. The second-order valence-corrected chi connectivity index (χ2v) is 4.11. The molecule has 108 valence electrons. The van der Waals surface area contributed by atoms with E-state index in [1.165, 1.54) is 12.1 Å². The van der Waals surface area contributed by atoms with Gasteiger partial charge in [0.1, 0.15) is 5.82 Å². The van der Waals surface area contributed by atoms with Gasteiger partial charge >= 0.3 is 0 Å². The van der Waals surface area contributed by atoms with Gasteiger partial charge in [-0.15, -0.1) is 0 Å². The highest BCUT2D eigenvalue weighted by Gasteiger charge is 2.10. The van der Waals surface area contributed by atoms with Crippen LogP contribution in [-0.4, -0.2) is 40.1 Å². The minimum atomic E-state index is -0.293. The predicted octanol–water partition coefficient (Wildman–Crippen LogP) is 1.90. The van der Waals surface area contributed by atoms with Gasteiger partial charge in [-0.3, -0.25) is 0 Å². The minimum Gasteiger partial charge on any atom is -0.385 e. The molecule has 1 atom stereocenters. The molecular weight excluding hydrogens is 249 g/mol. The van der Waals surface area contributed by atoms with Crippen LogP contribution < -0.4 is 5.73 Å². The summed E-state index contributed by atoms with van der Waals surface area (Å²) in [4.78, 5) is 0. The Morgan fingerprint density at radius 2 is 2.05 bits per heavy atom. The molecule has 2 N–H and O–H groups in total. The lowest BCUT2D eigenvalue weighted by Gasteiger charge is -2.16. The van der Waals surface area contributed by atoms with Crippen LogP contribution in [0.3, 0.4) is 0 Å². The van der Waals surface area contributed by atoms with Crippen LogP contribution in [0.1, 0.15) is 18.1 Å². The maximum atomic E-state index is 13.1. The van der Waals surface area contributed by atoms with Gasteiger partial charge in [0.15, 0.2) is 0 Å². The lowest BCUT2D eigenvalue weighted by Crippen LogP contribution is -2.18. The molecule has 0 fully saturated rings. The van der Waals surface area contributed by atoms with Gasteiger partial charge in [-0.05, 0) is 24.1 Å². The highest BCUT2D eigenvalue weighted by Crippen LogP contribution is 2.16. The van der Waals surface area contributed by atoms with Crippen LogP contribution in [0.5, 0.6) is 0 Å². The van der Waals surface area contributed by atoms with E-state index in [0.717, 1.165) is 12.0 Å². The molecule has 0 saturated carbocycles. The zero-order chi connectivity index (χ0) is 13.9. The molecule has 0 aromatic heterocycles. The third kappa shape index (κ3) is 6.63. The van der Waals surface area contributed by atoms with Crippen LogP contribution in [0, 0.1) is 5.82 Å². The third-order valence-electron chi connectivity index (χ3n) is 2.62. The normalized spacial score (nSPS) is 12.6. The number of methoxy groups -OCH3 is 1. The van der Waals surface area contributed by atoms with E-state index in [1.807, 2.05) is 0 Å². The van der Waals surface area contributed by atoms with Crippen molar-refractivity contribution in [3.05, 3.63) is 35.6 Å². The number of benzene rings is 1. The monoisotopic (exact) mass is 271 g/mol. The second kappa shape index (κ2) is 9.86. The second-order valence-electron chi connectivity index (χ2n) is 4.11. The number of rotatable bonds is 10. The lowest BCUT2D eigenvalue weighted by molar-refractivity contribution is 0.00380. The molecular formula is C14H22FNO3. The van der Waals surface area contributed by atoms with Crippen molar-refractivity contribution in [3.8, 4) is 0 Å². The molecule has 0 aliphatic heterocycles. The van der Waals surface area contributed by atoms with Crippen LogP contribution in [0.15, 0.2) is 24.3 Å². The summed E-state index contributed by atoms with van der Waals surface area (Å²) in [5, 5.41) is 0. The molecule has 1 aromatic carbocycles. The molecule has 4 nitrogen and oxygen atoms in total. The molecule has 0 aliphatic carbocycles. The fourth-order valence-corrected chi connectivity index (χ4v) is 1.66. The van der Waals surface area contributed by atoms with Crippen LogP contribution >= 0.6 is 0 Å². The molecule has 0 spiro atoms. The van der Waals surface area contributed by atoms with Crippen molar-refractivity contribution in [2.75, 3.05) is 40.1 Å². The van der Waals surface area contributed by atoms with Crippen molar-refractivity contribution in [1.82, 2.24) is 0 Å². The van der Waals surface area contributed by atoms with Crippen LogP contribution in [0.2, 0.25) is 0 Å². The number of hydrogen-bond acceptors (Lipinski definition) is 4. The van der Waals surface area contributed by atoms with Gasteiger partial charge in [-0.25, -0.2) is 4.39 Å². The van der Waals surface area contributed by atoms with E-state index in [1.54, 1.807) is 19.2 Å². The predicted molar refractivity (Wildman–Crippen MR) is 71.5 cm³/mol. The summed E-state index contributed by atoms with van der Waals surface area (Å²) in [5.74, 6) is -0.282. The molecule has 1 rings (SSSR count). The van der Waals surface area contributed by atoms with Crippen molar-refractivity contribution < 1.29 is 18.6 Å². The quantitative estimate of drug-likeness (QED) is 0.660. The largest absolute Gasteiger partial charge is 0.385 e. The van der Waals surface area contributed by atoms with Crippen molar-refractivity contribution in [1.29, 1.82) is 0 Å². The van der Waals surface area contributed by atoms with E-state index < -0.39 is 0 Å². The zero-order valence-electron chi connectivity index (χ0n) is 11.3. The first-order chi connectivity index (χ1) is 9.27. The summed E-state index contributed by atoms with van der Waals surface area (Å²) >= 11 is 0. The zero-order valence-corrected chi connectivity index (χ0v) is 11.3. The molecule has 1 unspecified atom stereocenters. The Hall–Kier alpha value is -1.01. The number of halogens is 1. The van der Waals surface area contributed by atoms with E-state index in [4.69, 9.17) is 19.9 Å². The van der Waals surface area contributed by atoms with E-state index in [9.17, 15) is 4.39 Å². The SMILES string of the molecule is COCCCOCCOC(CN)c1cccc(F)c1. The Kier molecular flexibility index (Phi) is 8.33. The molecule has 0 radical (unpaired) electrons. The standard InChI is InChI=1S/C14H22FNO3/c1-17-6-3-7-18-8-9-19-14(11-16)12-4-2-5-13(15)10-12/h2,4-5,10,14H,3,6-9,11,16H2,1H3. The van der Waals surface area contributed by atoms with Crippen LogP contribution in [-0.2, 0) is 14.2 Å². The summed E-state index contributed by atoms with van der Waals surface area (Å²) in [6, 6.07) is 6.30. The lowest BCUT2D eigenvalue weighted by atomic mass is 10.1. The van der Waals surface area contributed by atoms with Crippen molar-refractivity contribution in [3.63, 3.8) is 0 Å². The Bertz CT molecular complexity index is 349. The van der Waals surface area contributed by atoms with Gasteiger partial charge < -0.3 is 19.9 Å². The van der Waals surface area contributed by atoms with Gasteiger partial charge in [0.05, 0.1) is 19.3 Å². The summed E-state index contributed by atoms with van der Waals surface area (Å²) < 4.78 is 29.0. The molecule has 0 amide bonds. The van der Waals surface area contributed by atoms with Gasteiger partial charge in [-0.1, -0.05) is 12.1 Å². The van der Waals surface area contributed by atoms with Crippen molar-refractivity contribution in [2.24, 2.45) is 5.73 Å². The molecule has 1 aromatic rings. The number of nitrogens with two attached hydrogens (primary N) is 1. The van der Waals surface area contributed by atoms with Gasteiger partial charge in [-0.2, -0.15) is 0 Å². The van der Waals surface area contributed by atoms with Crippen LogP contribution in [0.4, 0.5) is 4.39 Å². The van der Waals surface area contributed by atoms with Gasteiger partial charge in [0, 0.05) is 26.9 Å². The van der Waals surface area contributed by atoms with Crippen LogP contribution in [0.25, 0.3) is 0 Å². The van der Waals surface area contributed by atoms with E-state index in [0.29, 0.717) is 33.0 Å². The Morgan fingerprint density at radius 3 is 2.74 bits per heavy atom.